The summed E-state index contributed by atoms with van der Waals surface area (Å²) in [6.45, 7) is 6.09. The molecule has 0 radical (unpaired) electrons. The van der Waals surface area contributed by atoms with Crippen molar-refractivity contribution in [1.82, 2.24) is 0 Å². The topological polar surface area (TPSA) is 18.5 Å². The van der Waals surface area contributed by atoms with Crippen LogP contribution in [-0.4, -0.2) is 36.4 Å². The molecule has 2 rings (SSSR count). The van der Waals surface area contributed by atoms with E-state index in [9.17, 15) is 0 Å². The summed E-state index contributed by atoms with van der Waals surface area (Å²) in [4.78, 5) is 0. The fourth-order valence-corrected chi connectivity index (χ4v) is 3.43. The van der Waals surface area contributed by atoms with Crippen molar-refractivity contribution < 1.29 is 9.47 Å². The van der Waals surface area contributed by atoms with Gasteiger partial charge in [-0.2, -0.15) is 11.8 Å². The number of thioether (sulfide) groups is 1. The molecule has 0 amide bonds. The van der Waals surface area contributed by atoms with E-state index in [1.165, 1.54) is 0 Å². The molecule has 3 heteroatoms. The van der Waals surface area contributed by atoms with Crippen molar-refractivity contribution in [2.45, 2.75) is 31.3 Å². The maximum atomic E-state index is 5.73. The molecular weight excluding hydrogens is 172 g/mol. The predicted molar refractivity (Wildman–Crippen MR) is 50.6 cm³/mol. The minimum Gasteiger partial charge on any atom is -0.372 e. The van der Waals surface area contributed by atoms with Crippen LogP contribution in [0, 0.1) is 5.92 Å². The van der Waals surface area contributed by atoms with Crippen molar-refractivity contribution in [3.63, 3.8) is 0 Å². The van der Waals surface area contributed by atoms with Crippen LogP contribution in [-0.2, 0) is 9.47 Å². The molecule has 0 bridgehead atoms. The van der Waals surface area contributed by atoms with E-state index in [0.29, 0.717) is 23.4 Å². The molecule has 0 aromatic heterocycles. The van der Waals surface area contributed by atoms with Gasteiger partial charge in [-0.3, -0.25) is 0 Å². The minimum atomic E-state index is 0.365. The van der Waals surface area contributed by atoms with Gasteiger partial charge in [-0.15, -0.1) is 0 Å². The van der Waals surface area contributed by atoms with Crippen molar-refractivity contribution in [3.8, 4) is 0 Å². The average molecular weight is 188 g/mol. The summed E-state index contributed by atoms with van der Waals surface area (Å²) in [6.07, 6.45) is 0.736. The molecule has 0 saturated carbocycles. The first-order valence-electron chi connectivity index (χ1n) is 4.64. The Hall–Kier alpha value is 0.270. The van der Waals surface area contributed by atoms with Crippen molar-refractivity contribution >= 4 is 11.8 Å². The summed E-state index contributed by atoms with van der Waals surface area (Å²) in [7, 11) is 0. The highest BCUT2D eigenvalue weighted by atomic mass is 32.2. The summed E-state index contributed by atoms with van der Waals surface area (Å²) in [5.41, 5.74) is 0. The van der Waals surface area contributed by atoms with E-state index in [1.54, 1.807) is 0 Å². The van der Waals surface area contributed by atoms with Gasteiger partial charge >= 0.3 is 0 Å². The van der Waals surface area contributed by atoms with Crippen LogP contribution in [0.5, 0.6) is 0 Å². The zero-order chi connectivity index (χ0) is 8.55. The highest BCUT2D eigenvalue weighted by Crippen LogP contribution is 2.37. The third kappa shape index (κ3) is 1.50. The van der Waals surface area contributed by atoms with Crippen LogP contribution in [0.2, 0.25) is 0 Å². The third-order valence-corrected chi connectivity index (χ3v) is 4.24. The predicted octanol–water partition coefficient (Wildman–Crippen LogP) is 1.54. The van der Waals surface area contributed by atoms with E-state index in [1.807, 2.05) is 11.8 Å². The van der Waals surface area contributed by atoms with E-state index < -0.39 is 0 Å². The van der Waals surface area contributed by atoms with Gasteiger partial charge in [0.1, 0.15) is 0 Å². The van der Waals surface area contributed by atoms with E-state index in [4.69, 9.17) is 9.47 Å². The molecule has 0 aromatic rings. The van der Waals surface area contributed by atoms with Crippen LogP contribution in [0.4, 0.5) is 0 Å². The quantitative estimate of drug-likeness (QED) is 0.622. The van der Waals surface area contributed by atoms with E-state index >= 15 is 0 Å². The lowest BCUT2D eigenvalue weighted by Gasteiger charge is -2.30. The number of hydrogen-bond acceptors (Lipinski definition) is 3. The molecule has 3 unspecified atom stereocenters. The van der Waals surface area contributed by atoms with Crippen molar-refractivity contribution in [1.29, 1.82) is 0 Å². The Labute approximate surface area is 78.0 Å². The summed E-state index contributed by atoms with van der Waals surface area (Å²) < 4.78 is 11.4. The standard InChI is InChI=1S/C9H16O2S/c1-6(2)9-8-7(5-12-9)10-3-4-11-8/h6-9H,3-5H2,1-2H3. The summed E-state index contributed by atoms with van der Waals surface area (Å²) in [6, 6.07) is 0. The second-order valence-corrected chi connectivity index (χ2v) is 5.00. The molecule has 2 saturated heterocycles. The number of hydrogen-bond donors (Lipinski definition) is 0. The third-order valence-electron chi connectivity index (χ3n) is 2.53. The second-order valence-electron chi connectivity index (χ2n) is 3.79. The molecule has 12 heavy (non-hydrogen) atoms. The lowest BCUT2D eigenvalue weighted by molar-refractivity contribution is -0.127. The van der Waals surface area contributed by atoms with Gasteiger partial charge in [0.05, 0.1) is 25.4 Å². The van der Waals surface area contributed by atoms with Crippen LogP contribution in [0.25, 0.3) is 0 Å². The lowest BCUT2D eigenvalue weighted by atomic mass is 10.0. The zero-order valence-corrected chi connectivity index (χ0v) is 8.47. The van der Waals surface area contributed by atoms with Crippen molar-refractivity contribution in [3.05, 3.63) is 0 Å². The molecule has 2 aliphatic rings. The average Bonchev–Trinajstić information content (AvgIpc) is 2.47. The van der Waals surface area contributed by atoms with Crippen LogP contribution < -0.4 is 0 Å². The Bertz CT molecular complexity index is 161. The molecule has 2 nitrogen and oxygen atoms in total. The minimum absolute atomic E-state index is 0.365. The Kier molecular flexibility index (Phi) is 2.63. The lowest BCUT2D eigenvalue weighted by Crippen LogP contribution is -2.42. The summed E-state index contributed by atoms with van der Waals surface area (Å²) in [5.74, 6) is 1.82. The second kappa shape index (κ2) is 3.56. The zero-order valence-electron chi connectivity index (χ0n) is 7.66. The normalized spacial score (nSPS) is 41.8. The van der Waals surface area contributed by atoms with Gasteiger partial charge in [0.2, 0.25) is 0 Å². The highest BCUT2D eigenvalue weighted by Gasteiger charge is 2.41. The van der Waals surface area contributed by atoms with Gasteiger partial charge in [-0.1, -0.05) is 13.8 Å². The molecule has 2 aliphatic heterocycles. The van der Waals surface area contributed by atoms with Gasteiger partial charge in [0, 0.05) is 11.0 Å². The monoisotopic (exact) mass is 188 g/mol. The highest BCUT2D eigenvalue weighted by molar-refractivity contribution is 8.00. The first-order chi connectivity index (χ1) is 5.79. The van der Waals surface area contributed by atoms with Crippen LogP contribution in [0.1, 0.15) is 13.8 Å². The van der Waals surface area contributed by atoms with Gasteiger partial charge in [-0.05, 0) is 5.92 Å². The van der Waals surface area contributed by atoms with Crippen molar-refractivity contribution in [2.24, 2.45) is 5.92 Å². The fourth-order valence-electron chi connectivity index (χ4n) is 1.91. The van der Waals surface area contributed by atoms with E-state index in [2.05, 4.69) is 13.8 Å². The molecule has 0 aromatic carbocycles. The molecule has 2 heterocycles. The van der Waals surface area contributed by atoms with Crippen molar-refractivity contribution in [2.75, 3.05) is 19.0 Å². The first kappa shape index (κ1) is 8.85. The van der Waals surface area contributed by atoms with Gasteiger partial charge in [0.25, 0.3) is 0 Å². The van der Waals surface area contributed by atoms with E-state index in [-0.39, 0.29) is 0 Å². The summed E-state index contributed by atoms with van der Waals surface area (Å²) in [5, 5.41) is 0.648. The Morgan fingerprint density at radius 2 is 2.00 bits per heavy atom. The molecule has 2 fully saturated rings. The van der Waals surface area contributed by atoms with Crippen LogP contribution in [0.3, 0.4) is 0 Å². The molecule has 0 aliphatic carbocycles. The number of ether oxygens (including phenoxy) is 2. The molecule has 3 atom stereocenters. The number of fused-ring (bicyclic) bond motifs is 1. The Balaban J connectivity index is 2.01. The maximum absolute atomic E-state index is 5.73. The fraction of sp³-hybridized carbons (Fsp3) is 1.00. The summed E-state index contributed by atoms with van der Waals surface area (Å²) >= 11 is 2.01. The first-order valence-corrected chi connectivity index (χ1v) is 5.68. The Morgan fingerprint density at radius 3 is 2.75 bits per heavy atom. The van der Waals surface area contributed by atoms with Crippen LogP contribution in [0.15, 0.2) is 0 Å². The van der Waals surface area contributed by atoms with Crippen LogP contribution >= 0.6 is 11.8 Å². The molecule has 0 N–H and O–H groups in total. The number of rotatable bonds is 1. The molecule has 0 spiro atoms. The van der Waals surface area contributed by atoms with Gasteiger partial charge in [0.15, 0.2) is 0 Å². The Morgan fingerprint density at radius 1 is 1.25 bits per heavy atom. The van der Waals surface area contributed by atoms with Gasteiger partial charge in [-0.25, -0.2) is 0 Å². The largest absolute Gasteiger partial charge is 0.372 e. The SMILES string of the molecule is CC(C)C1SCC2OCCOC21. The maximum Gasteiger partial charge on any atom is 0.0966 e. The molecule has 70 valence electrons. The molecular formula is C9H16O2S. The smallest absolute Gasteiger partial charge is 0.0966 e. The van der Waals surface area contributed by atoms with E-state index in [0.717, 1.165) is 19.0 Å². The van der Waals surface area contributed by atoms with Gasteiger partial charge < -0.3 is 9.47 Å².